The van der Waals surface area contributed by atoms with Crippen LogP contribution in [-0.2, 0) is 19.5 Å². The summed E-state index contributed by atoms with van der Waals surface area (Å²) in [5.74, 6) is 0. The van der Waals surface area contributed by atoms with Gasteiger partial charge in [-0.25, -0.2) is 4.79 Å². The van der Waals surface area contributed by atoms with Gasteiger partial charge in [0.2, 0.25) is 0 Å². The van der Waals surface area contributed by atoms with E-state index in [1.54, 1.807) is 0 Å². The first-order chi connectivity index (χ1) is 8.63. The van der Waals surface area contributed by atoms with Crippen LogP contribution in [0.4, 0.5) is 0 Å². The highest BCUT2D eigenvalue weighted by molar-refractivity contribution is 5.11. The van der Waals surface area contributed by atoms with Gasteiger partial charge in [-0.15, -0.1) is 0 Å². The second-order valence-electron chi connectivity index (χ2n) is 4.03. The average molecular weight is 248 g/mol. The Balaban J connectivity index is 2.36. The van der Waals surface area contributed by atoms with Crippen LogP contribution in [0.5, 0.6) is 0 Å². The molecule has 0 aliphatic rings. The minimum absolute atomic E-state index is 0.380. The Bertz CT molecular complexity index is 651. The molecule has 96 valence electrons. The number of nitrogens with one attached hydrogen (secondary N) is 1. The SMILES string of the molecule is CCc1cc(Cn2ccc(=O)[nH]c2=O)n(CC)n1. The van der Waals surface area contributed by atoms with E-state index in [2.05, 4.69) is 10.1 Å². The molecule has 2 rings (SSSR count). The summed E-state index contributed by atoms with van der Waals surface area (Å²) in [6, 6.07) is 3.33. The molecule has 0 fully saturated rings. The Morgan fingerprint density at radius 2 is 2.11 bits per heavy atom. The van der Waals surface area contributed by atoms with Crippen LogP contribution in [0.25, 0.3) is 0 Å². The maximum absolute atomic E-state index is 11.6. The topological polar surface area (TPSA) is 72.7 Å². The van der Waals surface area contributed by atoms with E-state index >= 15 is 0 Å². The van der Waals surface area contributed by atoms with E-state index in [-0.39, 0.29) is 5.56 Å². The Hall–Kier alpha value is -2.11. The highest BCUT2D eigenvalue weighted by atomic mass is 16.2. The molecular weight excluding hydrogens is 232 g/mol. The van der Waals surface area contributed by atoms with Crippen LogP contribution >= 0.6 is 0 Å². The zero-order valence-electron chi connectivity index (χ0n) is 10.5. The molecule has 0 amide bonds. The van der Waals surface area contributed by atoms with Gasteiger partial charge in [-0.05, 0) is 19.4 Å². The summed E-state index contributed by atoms with van der Waals surface area (Å²) >= 11 is 0. The van der Waals surface area contributed by atoms with Crippen LogP contribution in [0.2, 0.25) is 0 Å². The van der Waals surface area contributed by atoms with Crippen LogP contribution < -0.4 is 11.2 Å². The lowest BCUT2D eigenvalue weighted by molar-refractivity contribution is 0.584. The van der Waals surface area contributed by atoms with Crippen molar-refractivity contribution in [2.24, 2.45) is 0 Å². The number of hydrogen-bond acceptors (Lipinski definition) is 3. The van der Waals surface area contributed by atoms with Crippen molar-refractivity contribution < 1.29 is 0 Å². The van der Waals surface area contributed by atoms with Gasteiger partial charge in [-0.2, -0.15) is 5.10 Å². The number of nitrogens with zero attached hydrogens (tertiary/aromatic N) is 3. The highest BCUT2D eigenvalue weighted by Crippen LogP contribution is 2.06. The van der Waals surface area contributed by atoms with Crippen LogP contribution in [0.1, 0.15) is 25.2 Å². The van der Waals surface area contributed by atoms with E-state index in [9.17, 15) is 9.59 Å². The van der Waals surface area contributed by atoms with Gasteiger partial charge >= 0.3 is 5.69 Å². The molecule has 0 radical (unpaired) electrons. The normalized spacial score (nSPS) is 10.8. The molecule has 2 aromatic rings. The minimum Gasteiger partial charge on any atom is -0.295 e. The van der Waals surface area contributed by atoms with Crippen molar-refractivity contribution in [3.63, 3.8) is 0 Å². The Morgan fingerprint density at radius 3 is 2.72 bits per heavy atom. The summed E-state index contributed by atoms with van der Waals surface area (Å²) in [7, 11) is 0. The zero-order chi connectivity index (χ0) is 13.1. The molecule has 0 saturated carbocycles. The molecule has 2 heterocycles. The monoisotopic (exact) mass is 248 g/mol. The number of rotatable bonds is 4. The van der Waals surface area contributed by atoms with Gasteiger partial charge in [-0.3, -0.25) is 19.0 Å². The fourth-order valence-electron chi connectivity index (χ4n) is 1.83. The maximum atomic E-state index is 11.6. The van der Waals surface area contributed by atoms with Crippen molar-refractivity contribution in [3.05, 3.63) is 50.6 Å². The zero-order valence-corrected chi connectivity index (χ0v) is 10.5. The maximum Gasteiger partial charge on any atom is 0.328 e. The third kappa shape index (κ3) is 2.42. The highest BCUT2D eigenvalue weighted by Gasteiger charge is 2.07. The van der Waals surface area contributed by atoms with E-state index in [0.29, 0.717) is 6.54 Å². The van der Waals surface area contributed by atoms with Crippen molar-refractivity contribution >= 4 is 0 Å². The van der Waals surface area contributed by atoms with E-state index in [4.69, 9.17) is 0 Å². The fourth-order valence-corrected chi connectivity index (χ4v) is 1.83. The minimum atomic E-state index is -0.399. The van der Waals surface area contributed by atoms with Crippen molar-refractivity contribution in [2.75, 3.05) is 0 Å². The molecule has 6 heteroatoms. The Kier molecular flexibility index (Phi) is 3.45. The van der Waals surface area contributed by atoms with Crippen LogP contribution in [0.3, 0.4) is 0 Å². The van der Waals surface area contributed by atoms with Crippen LogP contribution in [0.15, 0.2) is 27.9 Å². The molecule has 0 aliphatic carbocycles. The van der Waals surface area contributed by atoms with Gasteiger partial charge in [0.1, 0.15) is 0 Å². The Labute approximate surface area is 104 Å². The quantitative estimate of drug-likeness (QED) is 0.849. The third-order valence-electron chi connectivity index (χ3n) is 2.80. The number of aryl methyl sites for hydroxylation is 2. The molecule has 0 spiro atoms. The van der Waals surface area contributed by atoms with E-state index < -0.39 is 5.69 Å². The van der Waals surface area contributed by atoms with Gasteiger partial charge < -0.3 is 0 Å². The van der Waals surface area contributed by atoms with Crippen molar-refractivity contribution in [1.82, 2.24) is 19.3 Å². The number of aromatic nitrogens is 4. The van der Waals surface area contributed by atoms with E-state index in [1.807, 2.05) is 24.6 Å². The second kappa shape index (κ2) is 5.03. The van der Waals surface area contributed by atoms with Gasteiger partial charge in [0, 0.05) is 18.8 Å². The number of hydrogen-bond donors (Lipinski definition) is 1. The molecule has 0 unspecified atom stereocenters. The van der Waals surface area contributed by atoms with Gasteiger partial charge in [0.05, 0.1) is 17.9 Å². The summed E-state index contributed by atoms with van der Waals surface area (Å²) < 4.78 is 3.33. The fraction of sp³-hybridized carbons (Fsp3) is 0.417. The first-order valence-electron chi connectivity index (χ1n) is 5.99. The molecular formula is C12H16N4O2. The lowest BCUT2D eigenvalue weighted by atomic mass is 10.3. The predicted octanol–water partition coefficient (Wildman–Crippen LogP) is 0.364. The van der Waals surface area contributed by atoms with Gasteiger partial charge in [0.15, 0.2) is 0 Å². The molecule has 0 aromatic carbocycles. The summed E-state index contributed by atoms with van der Waals surface area (Å²) in [5, 5.41) is 4.42. The smallest absolute Gasteiger partial charge is 0.295 e. The molecule has 6 nitrogen and oxygen atoms in total. The molecule has 1 N–H and O–H groups in total. The third-order valence-corrected chi connectivity index (χ3v) is 2.80. The molecule has 0 bridgehead atoms. The predicted molar refractivity (Wildman–Crippen MR) is 67.7 cm³/mol. The molecule has 18 heavy (non-hydrogen) atoms. The summed E-state index contributed by atoms with van der Waals surface area (Å²) in [6.07, 6.45) is 2.36. The van der Waals surface area contributed by atoms with Crippen LogP contribution in [0, 0.1) is 0 Å². The van der Waals surface area contributed by atoms with Crippen molar-refractivity contribution in [3.8, 4) is 0 Å². The first-order valence-corrected chi connectivity index (χ1v) is 5.99. The molecule has 0 saturated heterocycles. The molecule has 2 aromatic heterocycles. The average Bonchev–Trinajstić information content (AvgIpc) is 2.75. The van der Waals surface area contributed by atoms with Crippen LogP contribution in [-0.4, -0.2) is 19.3 Å². The van der Waals surface area contributed by atoms with Gasteiger partial charge in [-0.1, -0.05) is 6.92 Å². The lowest BCUT2D eigenvalue weighted by Gasteiger charge is -2.06. The summed E-state index contributed by atoms with van der Waals surface area (Å²) in [6.45, 7) is 5.22. The summed E-state index contributed by atoms with van der Waals surface area (Å²) in [4.78, 5) is 24.8. The summed E-state index contributed by atoms with van der Waals surface area (Å²) in [5.41, 5.74) is 1.19. The van der Waals surface area contributed by atoms with Crippen molar-refractivity contribution in [1.29, 1.82) is 0 Å². The molecule has 0 aliphatic heterocycles. The molecule has 0 atom stereocenters. The standard InChI is InChI=1S/C12H16N4O2/c1-3-9-7-10(16(4-2)14-9)8-15-6-5-11(17)13-12(15)18/h5-7H,3-4,8H2,1-2H3,(H,13,17,18). The van der Waals surface area contributed by atoms with Crippen molar-refractivity contribution in [2.45, 2.75) is 33.4 Å². The first kappa shape index (κ1) is 12.3. The lowest BCUT2D eigenvalue weighted by Crippen LogP contribution is -2.29. The number of aromatic amines is 1. The van der Waals surface area contributed by atoms with E-state index in [0.717, 1.165) is 24.4 Å². The Morgan fingerprint density at radius 1 is 1.33 bits per heavy atom. The second-order valence-corrected chi connectivity index (χ2v) is 4.03. The van der Waals surface area contributed by atoms with E-state index in [1.165, 1.54) is 16.8 Å². The van der Waals surface area contributed by atoms with Gasteiger partial charge in [0.25, 0.3) is 5.56 Å². The largest absolute Gasteiger partial charge is 0.328 e. The number of H-pyrrole nitrogens is 1.